The highest BCUT2D eigenvalue weighted by molar-refractivity contribution is 6.09. The maximum absolute atomic E-state index is 11.3. The van der Waals surface area contributed by atoms with Crippen LogP contribution in [-0.2, 0) is 14.4 Å². The van der Waals surface area contributed by atoms with Crippen LogP contribution >= 0.6 is 0 Å². The number of hydrogen-bond donors (Lipinski definition) is 0. The summed E-state index contributed by atoms with van der Waals surface area (Å²) >= 11 is 0. The molecule has 1 rings (SSSR count). The van der Waals surface area contributed by atoms with E-state index in [1.165, 1.54) is 0 Å². The van der Waals surface area contributed by atoms with Crippen molar-refractivity contribution < 1.29 is 14.4 Å². The molecule has 66 valence electrons. The summed E-state index contributed by atoms with van der Waals surface area (Å²) in [5.41, 5.74) is 0. The van der Waals surface area contributed by atoms with Gasteiger partial charge in [0.05, 0.1) is 5.92 Å². The van der Waals surface area contributed by atoms with Crippen molar-refractivity contribution in [2.45, 2.75) is 26.2 Å². The summed E-state index contributed by atoms with van der Waals surface area (Å²) in [5, 5.41) is 0. The average Bonchev–Trinajstić information content (AvgIpc) is 2.25. The van der Waals surface area contributed by atoms with Gasteiger partial charge in [-0.05, 0) is 6.42 Å². The third-order valence-corrected chi connectivity index (χ3v) is 2.30. The summed E-state index contributed by atoms with van der Waals surface area (Å²) in [4.78, 5) is 32.5. The van der Waals surface area contributed by atoms with Crippen molar-refractivity contribution in [2.24, 2.45) is 11.8 Å². The molecule has 0 bridgehead atoms. The number of carbonyl (C=O) groups excluding carboxylic acids is 3. The Hall–Kier alpha value is -0.990. The fourth-order valence-electron chi connectivity index (χ4n) is 1.58. The summed E-state index contributed by atoms with van der Waals surface area (Å²) in [6.45, 7) is 1.77. The third-order valence-electron chi connectivity index (χ3n) is 2.30. The van der Waals surface area contributed by atoms with E-state index in [-0.39, 0.29) is 17.5 Å². The number of Topliss-reactive ketones (excluding diaryl/α,β-unsaturated/α-hetero) is 2. The highest BCUT2D eigenvalue weighted by atomic mass is 16.2. The van der Waals surface area contributed by atoms with E-state index in [0.717, 1.165) is 6.29 Å². The second-order valence-electron chi connectivity index (χ2n) is 3.27. The minimum Gasteiger partial charge on any atom is -0.303 e. The van der Waals surface area contributed by atoms with Crippen molar-refractivity contribution in [2.75, 3.05) is 0 Å². The van der Waals surface area contributed by atoms with Crippen molar-refractivity contribution in [3.63, 3.8) is 0 Å². The largest absolute Gasteiger partial charge is 0.303 e. The lowest BCUT2D eigenvalue weighted by molar-refractivity contribution is -0.128. The first kappa shape index (κ1) is 9.10. The minimum atomic E-state index is -0.481. The van der Waals surface area contributed by atoms with Gasteiger partial charge in [0.1, 0.15) is 17.9 Å². The highest BCUT2D eigenvalue weighted by Gasteiger charge is 2.37. The summed E-state index contributed by atoms with van der Waals surface area (Å²) in [6.07, 6.45) is 1.84. The number of aldehydes is 1. The molecule has 0 radical (unpaired) electrons. The summed E-state index contributed by atoms with van der Waals surface area (Å²) in [7, 11) is 0. The molecule has 0 N–H and O–H groups in total. The van der Waals surface area contributed by atoms with Crippen molar-refractivity contribution in [3.05, 3.63) is 0 Å². The van der Waals surface area contributed by atoms with E-state index in [9.17, 15) is 14.4 Å². The summed E-state index contributed by atoms with van der Waals surface area (Å²) in [5.74, 6) is -0.587. The molecule has 0 aromatic heterocycles. The van der Waals surface area contributed by atoms with Crippen LogP contribution in [-0.4, -0.2) is 17.9 Å². The molecule has 1 saturated carbocycles. The molecule has 1 aliphatic carbocycles. The highest BCUT2D eigenvalue weighted by Crippen LogP contribution is 2.26. The summed E-state index contributed by atoms with van der Waals surface area (Å²) in [6, 6.07) is 0. The van der Waals surface area contributed by atoms with Gasteiger partial charge in [-0.2, -0.15) is 0 Å². The molecule has 1 aliphatic rings. The predicted molar refractivity (Wildman–Crippen MR) is 42.6 cm³/mol. The van der Waals surface area contributed by atoms with Crippen molar-refractivity contribution in [1.82, 2.24) is 0 Å². The van der Waals surface area contributed by atoms with E-state index < -0.39 is 5.92 Å². The van der Waals surface area contributed by atoms with E-state index in [1.807, 2.05) is 0 Å². The van der Waals surface area contributed by atoms with Crippen molar-refractivity contribution in [3.8, 4) is 0 Å². The summed E-state index contributed by atoms with van der Waals surface area (Å²) < 4.78 is 0. The van der Waals surface area contributed by atoms with Crippen molar-refractivity contribution >= 4 is 17.9 Å². The quantitative estimate of drug-likeness (QED) is 0.461. The Balaban J connectivity index is 2.57. The SMILES string of the molecule is CC1CC(=O)C(CCC=O)C1=O. The molecule has 0 aromatic carbocycles. The molecule has 0 amide bonds. The van der Waals surface area contributed by atoms with Gasteiger partial charge in [0.2, 0.25) is 0 Å². The smallest absolute Gasteiger partial charge is 0.146 e. The fraction of sp³-hybridized carbons (Fsp3) is 0.667. The molecule has 0 aromatic rings. The maximum atomic E-state index is 11.3. The average molecular weight is 168 g/mol. The predicted octanol–water partition coefficient (Wildman–Crippen LogP) is 0.760. The van der Waals surface area contributed by atoms with Crippen molar-refractivity contribution in [1.29, 1.82) is 0 Å². The van der Waals surface area contributed by atoms with E-state index in [4.69, 9.17) is 0 Å². The molecule has 0 heterocycles. The van der Waals surface area contributed by atoms with Gasteiger partial charge in [0.15, 0.2) is 0 Å². The zero-order chi connectivity index (χ0) is 9.14. The number of carbonyl (C=O) groups is 3. The topological polar surface area (TPSA) is 51.2 Å². The zero-order valence-electron chi connectivity index (χ0n) is 7.08. The van der Waals surface area contributed by atoms with Crippen LogP contribution in [0.25, 0.3) is 0 Å². The van der Waals surface area contributed by atoms with Gasteiger partial charge in [-0.25, -0.2) is 0 Å². The monoisotopic (exact) mass is 168 g/mol. The van der Waals surface area contributed by atoms with Crippen LogP contribution in [0.15, 0.2) is 0 Å². The van der Waals surface area contributed by atoms with Crippen LogP contribution in [0.5, 0.6) is 0 Å². The standard InChI is InChI=1S/C9H12O3/c1-6-5-8(11)7(9(6)12)3-2-4-10/h4,6-7H,2-3,5H2,1H3. The van der Waals surface area contributed by atoms with Gasteiger partial charge in [0.25, 0.3) is 0 Å². The molecule has 3 heteroatoms. The molecule has 3 nitrogen and oxygen atoms in total. The number of hydrogen-bond acceptors (Lipinski definition) is 3. The van der Waals surface area contributed by atoms with Gasteiger partial charge in [-0.1, -0.05) is 6.92 Å². The van der Waals surface area contributed by atoms with Crippen LogP contribution in [0.4, 0.5) is 0 Å². The number of rotatable bonds is 3. The molecule has 0 aliphatic heterocycles. The second-order valence-corrected chi connectivity index (χ2v) is 3.27. The number of ketones is 2. The normalized spacial score (nSPS) is 29.4. The first-order valence-corrected chi connectivity index (χ1v) is 4.17. The first-order valence-electron chi connectivity index (χ1n) is 4.17. The lowest BCUT2D eigenvalue weighted by atomic mass is 9.99. The molecular weight excluding hydrogens is 156 g/mol. The van der Waals surface area contributed by atoms with Crippen LogP contribution < -0.4 is 0 Å². The molecule has 2 unspecified atom stereocenters. The molecular formula is C9H12O3. The van der Waals surface area contributed by atoms with Crippen LogP contribution in [0.1, 0.15) is 26.2 Å². The van der Waals surface area contributed by atoms with E-state index in [1.54, 1.807) is 6.92 Å². The Morgan fingerprint density at radius 2 is 2.17 bits per heavy atom. The Morgan fingerprint density at radius 3 is 2.58 bits per heavy atom. The third kappa shape index (κ3) is 1.60. The lowest BCUT2D eigenvalue weighted by Crippen LogP contribution is -2.16. The van der Waals surface area contributed by atoms with Gasteiger partial charge < -0.3 is 4.79 Å². The van der Waals surface area contributed by atoms with Gasteiger partial charge in [-0.15, -0.1) is 0 Å². The van der Waals surface area contributed by atoms with E-state index in [2.05, 4.69) is 0 Å². The Morgan fingerprint density at radius 1 is 1.50 bits per heavy atom. The first-order chi connectivity index (χ1) is 5.66. The molecule has 0 saturated heterocycles. The Labute approximate surface area is 71.1 Å². The Bertz CT molecular complexity index is 220. The molecule has 2 atom stereocenters. The maximum Gasteiger partial charge on any atom is 0.146 e. The van der Waals surface area contributed by atoms with Gasteiger partial charge >= 0.3 is 0 Å². The van der Waals surface area contributed by atoms with Gasteiger partial charge in [0, 0.05) is 18.8 Å². The van der Waals surface area contributed by atoms with E-state index in [0.29, 0.717) is 19.3 Å². The van der Waals surface area contributed by atoms with Crippen LogP contribution in [0.2, 0.25) is 0 Å². The zero-order valence-corrected chi connectivity index (χ0v) is 7.08. The van der Waals surface area contributed by atoms with Crippen LogP contribution in [0, 0.1) is 11.8 Å². The van der Waals surface area contributed by atoms with Gasteiger partial charge in [-0.3, -0.25) is 9.59 Å². The van der Waals surface area contributed by atoms with E-state index >= 15 is 0 Å². The second kappa shape index (κ2) is 3.61. The fourth-order valence-corrected chi connectivity index (χ4v) is 1.58. The molecule has 1 fully saturated rings. The lowest BCUT2D eigenvalue weighted by Gasteiger charge is -2.02. The Kier molecular flexibility index (Phi) is 2.74. The minimum absolute atomic E-state index is 0.00866. The molecule has 12 heavy (non-hydrogen) atoms. The van der Waals surface area contributed by atoms with Crippen LogP contribution in [0.3, 0.4) is 0 Å². The molecule has 0 spiro atoms.